The Morgan fingerprint density at radius 2 is 1.72 bits per heavy atom. The third-order valence-corrected chi connectivity index (χ3v) is 7.13. The number of anilines is 1. The molecular weight excluding hydrogens is 488 g/mol. The number of pyridine rings is 1. The fraction of sp³-hybridized carbons (Fsp3) is 0.364. The normalized spacial score (nSPS) is 11.6. The van der Waals surface area contributed by atoms with Crippen molar-refractivity contribution in [2.75, 3.05) is 11.9 Å². The van der Waals surface area contributed by atoms with Crippen molar-refractivity contribution >= 4 is 29.7 Å². The molecule has 0 atom stereocenters. The number of carbonyl (C=O) groups excluding carboxylic acids is 1. The summed E-state index contributed by atoms with van der Waals surface area (Å²) in [5.41, 5.74) is 4.85. The molecule has 1 heterocycles. The number of nitrogens with zero attached hydrogens (tertiary/aromatic N) is 1. The zero-order chi connectivity index (χ0) is 28.1. The van der Waals surface area contributed by atoms with Gasteiger partial charge in [0, 0.05) is 18.7 Å². The van der Waals surface area contributed by atoms with Gasteiger partial charge in [-0.05, 0) is 80.5 Å². The van der Waals surface area contributed by atoms with Gasteiger partial charge in [0.15, 0.2) is 0 Å². The summed E-state index contributed by atoms with van der Waals surface area (Å²) in [7, 11) is 0. The van der Waals surface area contributed by atoms with Crippen LogP contribution in [0.4, 0.5) is 5.69 Å². The van der Waals surface area contributed by atoms with Gasteiger partial charge in [-0.15, -0.1) is 0 Å². The molecule has 1 amide bonds. The van der Waals surface area contributed by atoms with E-state index in [2.05, 4.69) is 41.5 Å². The van der Waals surface area contributed by atoms with Crippen molar-refractivity contribution < 1.29 is 19.4 Å². The van der Waals surface area contributed by atoms with Gasteiger partial charge in [0.05, 0.1) is 23.4 Å². The standard InChI is InChI=1S/C33H40N2O4/c1-4-33(5-2,32(37)38)23-31(36)35-29-13-8-11-27(22-29)19-20-28-12-9-14-30(34-28)24-39-21-7-6-10-26-17-15-25(3)16-18-26/h8-9,11-20,22H,4-7,10,21,23-24H2,1-3H3,(H,35,36)(H,37,38). The first kappa shape index (κ1) is 29.8. The Morgan fingerprint density at radius 1 is 0.974 bits per heavy atom. The number of rotatable bonds is 15. The van der Waals surface area contributed by atoms with Crippen molar-refractivity contribution in [1.29, 1.82) is 0 Å². The lowest BCUT2D eigenvalue weighted by molar-refractivity contribution is -0.151. The van der Waals surface area contributed by atoms with E-state index in [0.29, 0.717) is 31.7 Å². The number of benzene rings is 2. The summed E-state index contributed by atoms with van der Waals surface area (Å²) in [6.45, 7) is 6.89. The highest BCUT2D eigenvalue weighted by atomic mass is 16.5. The van der Waals surface area contributed by atoms with E-state index in [1.165, 1.54) is 11.1 Å². The maximum absolute atomic E-state index is 12.6. The highest BCUT2D eigenvalue weighted by Gasteiger charge is 2.37. The summed E-state index contributed by atoms with van der Waals surface area (Å²) in [4.78, 5) is 29.0. The van der Waals surface area contributed by atoms with Gasteiger partial charge in [-0.2, -0.15) is 0 Å². The van der Waals surface area contributed by atoms with Crippen molar-refractivity contribution in [3.05, 3.63) is 94.8 Å². The van der Waals surface area contributed by atoms with Crippen LogP contribution < -0.4 is 5.32 Å². The van der Waals surface area contributed by atoms with Gasteiger partial charge < -0.3 is 15.2 Å². The molecule has 206 valence electrons. The lowest BCUT2D eigenvalue weighted by Gasteiger charge is -2.25. The first-order chi connectivity index (χ1) is 18.8. The molecule has 6 heteroatoms. The number of carboxylic acid groups (broad SMARTS) is 1. The second kappa shape index (κ2) is 15.0. The second-order valence-electron chi connectivity index (χ2n) is 10.0. The average Bonchev–Trinajstić information content (AvgIpc) is 2.94. The number of carboxylic acids is 1. The third-order valence-electron chi connectivity index (χ3n) is 7.13. The number of carbonyl (C=O) groups is 2. The number of ether oxygens (including phenoxy) is 1. The minimum atomic E-state index is -1.04. The second-order valence-corrected chi connectivity index (χ2v) is 10.0. The summed E-state index contributed by atoms with van der Waals surface area (Å²) >= 11 is 0. The van der Waals surface area contributed by atoms with E-state index in [9.17, 15) is 14.7 Å². The topological polar surface area (TPSA) is 88.5 Å². The highest BCUT2D eigenvalue weighted by Crippen LogP contribution is 2.31. The monoisotopic (exact) mass is 528 g/mol. The Hall–Kier alpha value is -3.77. The van der Waals surface area contributed by atoms with E-state index in [4.69, 9.17) is 4.74 Å². The summed E-state index contributed by atoms with van der Waals surface area (Å²) < 4.78 is 5.85. The molecule has 0 saturated carbocycles. The lowest BCUT2D eigenvalue weighted by Crippen LogP contribution is -2.34. The van der Waals surface area contributed by atoms with Crippen molar-refractivity contribution in [3.63, 3.8) is 0 Å². The minimum absolute atomic E-state index is 0.0546. The van der Waals surface area contributed by atoms with E-state index < -0.39 is 11.4 Å². The van der Waals surface area contributed by atoms with Crippen LogP contribution in [-0.2, 0) is 27.4 Å². The zero-order valence-corrected chi connectivity index (χ0v) is 23.3. The molecule has 0 spiro atoms. The van der Waals surface area contributed by atoms with E-state index in [-0.39, 0.29) is 12.3 Å². The van der Waals surface area contributed by atoms with E-state index >= 15 is 0 Å². The van der Waals surface area contributed by atoms with Crippen LogP contribution >= 0.6 is 0 Å². The molecule has 0 aliphatic rings. The number of hydrogen-bond donors (Lipinski definition) is 2. The van der Waals surface area contributed by atoms with Crippen LogP contribution in [0.25, 0.3) is 12.2 Å². The van der Waals surface area contributed by atoms with Crippen LogP contribution in [0.1, 0.15) is 74.0 Å². The van der Waals surface area contributed by atoms with Crippen molar-refractivity contribution in [3.8, 4) is 0 Å². The molecule has 0 fully saturated rings. The summed E-state index contributed by atoms with van der Waals surface area (Å²) in [6, 6.07) is 22.0. The van der Waals surface area contributed by atoms with Crippen LogP contribution in [0.15, 0.2) is 66.7 Å². The SMILES string of the molecule is CCC(CC)(CC(=O)Nc1cccc(C=Cc2cccc(COCCCCc3ccc(C)cc3)n2)c1)C(=O)O. The van der Waals surface area contributed by atoms with Crippen LogP contribution in [-0.4, -0.2) is 28.6 Å². The Bertz CT molecular complexity index is 1250. The summed E-state index contributed by atoms with van der Waals surface area (Å²) in [5, 5.41) is 12.5. The molecular formula is C33H40N2O4. The molecule has 0 unspecified atom stereocenters. The molecule has 39 heavy (non-hydrogen) atoms. The summed E-state index contributed by atoms with van der Waals surface area (Å²) in [5.74, 6) is -1.23. The molecule has 6 nitrogen and oxygen atoms in total. The third kappa shape index (κ3) is 9.48. The predicted octanol–water partition coefficient (Wildman–Crippen LogP) is 7.32. The Labute approximate surface area is 232 Å². The van der Waals surface area contributed by atoms with Gasteiger partial charge in [-0.1, -0.05) is 68.0 Å². The van der Waals surface area contributed by atoms with Crippen molar-refractivity contribution in [2.45, 2.75) is 65.9 Å². The Kier molecular flexibility index (Phi) is 11.4. The molecule has 3 aromatic rings. The van der Waals surface area contributed by atoms with E-state index in [1.807, 2.05) is 48.6 Å². The Balaban J connectivity index is 1.48. The number of hydrogen-bond acceptors (Lipinski definition) is 4. The van der Waals surface area contributed by atoms with Gasteiger partial charge in [-0.25, -0.2) is 0 Å². The van der Waals surface area contributed by atoms with Crippen LogP contribution in [0.5, 0.6) is 0 Å². The first-order valence-corrected chi connectivity index (χ1v) is 13.7. The molecule has 0 bridgehead atoms. The van der Waals surface area contributed by atoms with Crippen LogP contribution in [0.2, 0.25) is 0 Å². The van der Waals surface area contributed by atoms with E-state index in [0.717, 1.165) is 36.2 Å². The first-order valence-electron chi connectivity index (χ1n) is 13.7. The Morgan fingerprint density at radius 3 is 2.44 bits per heavy atom. The molecule has 0 aliphatic heterocycles. The van der Waals surface area contributed by atoms with Gasteiger partial charge in [-0.3, -0.25) is 14.6 Å². The largest absolute Gasteiger partial charge is 0.481 e. The van der Waals surface area contributed by atoms with E-state index in [1.54, 1.807) is 19.9 Å². The zero-order valence-electron chi connectivity index (χ0n) is 23.3. The van der Waals surface area contributed by atoms with Gasteiger partial charge in [0.25, 0.3) is 0 Å². The number of unbranched alkanes of at least 4 members (excludes halogenated alkanes) is 1. The molecule has 3 rings (SSSR count). The molecule has 0 radical (unpaired) electrons. The number of amides is 1. The van der Waals surface area contributed by atoms with Gasteiger partial charge >= 0.3 is 5.97 Å². The smallest absolute Gasteiger partial charge is 0.310 e. The fourth-order valence-electron chi connectivity index (χ4n) is 4.43. The molecule has 0 saturated heterocycles. The summed E-state index contributed by atoms with van der Waals surface area (Å²) in [6.07, 6.45) is 7.78. The molecule has 1 aromatic heterocycles. The van der Waals surface area contributed by atoms with Crippen LogP contribution in [0.3, 0.4) is 0 Å². The number of aromatic nitrogens is 1. The number of aliphatic carboxylic acids is 1. The quantitative estimate of drug-likeness (QED) is 0.202. The predicted molar refractivity (Wildman–Crippen MR) is 157 cm³/mol. The molecule has 2 N–H and O–H groups in total. The minimum Gasteiger partial charge on any atom is -0.481 e. The van der Waals surface area contributed by atoms with Crippen LogP contribution in [0, 0.1) is 12.3 Å². The van der Waals surface area contributed by atoms with Gasteiger partial charge in [0.2, 0.25) is 5.91 Å². The lowest BCUT2D eigenvalue weighted by atomic mass is 9.79. The fourth-order valence-corrected chi connectivity index (χ4v) is 4.43. The maximum Gasteiger partial charge on any atom is 0.310 e. The van der Waals surface area contributed by atoms with Gasteiger partial charge in [0.1, 0.15) is 0 Å². The average molecular weight is 529 g/mol. The number of nitrogens with one attached hydrogen (secondary N) is 1. The molecule has 2 aromatic carbocycles. The highest BCUT2D eigenvalue weighted by molar-refractivity contribution is 5.94. The number of aryl methyl sites for hydroxylation is 2. The maximum atomic E-state index is 12.6. The van der Waals surface area contributed by atoms with Crippen molar-refractivity contribution in [1.82, 2.24) is 4.98 Å². The van der Waals surface area contributed by atoms with Crippen molar-refractivity contribution in [2.24, 2.45) is 5.41 Å². The molecule has 0 aliphatic carbocycles.